The van der Waals surface area contributed by atoms with Gasteiger partial charge in [-0.2, -0.15) is 0 Å². The lowest BCUT2D eigenvalue weighted by Crippen LogP contribution is -1.99. The van der Waals surface area contributed by atoms with Crippen molar-refractivity contribution in [3.63, 3.8) is 0 Å². The van der Waals surface area contributed by atoms with Crippen molar-refractivity contribution in [3.8, 4) is 5.75 Å². The highest BCUT2D eigenvalue weighted by Crippen LogP contribution is 2.12. The minimum absolute atomic E-state index is 0.160. The summed E-state index contributed by atoms with van der Waals surface area (Å²) in [5.74, 6) is 0.0830. The number of ether oxygens (including phenoxy) is 1. The fourth-order valence-corrected chi connectivity index (χ4v) is 1.51. The number of aromatic hydroxyl groups is 1. The Morgan fingerprint density at radius 1 is 1.33 bits per heavy atom. The van der Waals surface area contributed by atoms with Crippen LogP contribution in [0.4, 0.5) is 0 Å². The zero-order valence-electron chi connectivity index (χ0n) is 10.6. The highest BCUT2D eigenvalue weighted by molar-refractivity contribution is 5.83. The van der Waals surface area contributed by atoms with Crippen LogP contribution in [0.2, 0.25) is 0 Å². The molecule has 0 radical (unpaired) electrons. The molecule has 0 aliphatic carbocycles. The van der Waals surface area contributed by atoms with Gasteiger partial charge in [0.15, 0.2) is 0 Å². The van der Waals surface area contributed by atoms with Gasteiger partial charge >= 0.3 is 5.97 Å². The Hall–Kier alpha value is -1.84. The Balaban J connectivity index is 2.15. The molecule has 0 atom stereocenters. The molecule has 0 amide bonds. The van der Waals surface area contributed by atoms with Gasteiger partial charge in [0.1, 0.15) is 5.75 Å². The molecule has 0 saturated carbocycles. The van der Waals surface area contributed by atoms with E-state index in [0.29, 0.717) is 13.0 Å². The van der Waals surface area contributed by atoms with Crippen LogP contribution in [0.3, 0.4) is 0 Å². The van der Waals surface area contributed by atoms with Gasteiger partial charge in [-0.25, -0.2) is 0 Å². The van der Waals surface area contributed by atoms with Gasteiger partial charge in [0.25, 0.3) is 0 Å². The van der Waals surface area contributed by atoms with Gasteiger partial charge in [-0.3, -0.25) is 9.79 Å². The second kappa shape index (κ2) is 8.28. The number of esters is 1. The zero-order chi connectivity index (χ0) is 13.2. The minimum atomic E-state index is -0.160. The Labute approximate surface area is 107 Å². The summed E-state index contributed by atoms with van der Waals surface area (Å²) in [5.41, 5.74) is 0.729. The molecular weight excluding hydrogens is 230 g/mol. The molecule has 1 aromatic carbocycles. The molecule has 4 heteroatoms. The first-order valence-corrected chi connectivity index (χ1v) is 6.08. The van der Waals surface area contributed by atoms with Gasteiger partial charge in [-0.05, 0) is 25.0 Å². The third kappa shape index (κ3) is 5.48. The summed E-state index contributed by atoms with van der Waals surface area (Å²) in [6.07, 6.45) is 4.86. The lowest BCUT2D eigenvalue weighted by atomic mass is 10.2. The van der Waals surface area contributed by atoms with Gasteiger partial charge in [0.05, 0.1) is 7.11 Å². The average molecular weight is 249 g/mol. The topological polar surface area (TPSA) is 58.9 Å². The van der Waals surface area contributed by atoms with Gasteiger partial charge in [-0.1, -0.05) is 18.6 Å². The first kappa shape index (κ1) is 14.2. The number of hydrogen-bond acceptors (Lipinski definition) is 4. The van der Waals surface area contributed by atoms with Crippen molar-refractivity contribution in [2.45, 2.75) is 25.7 Å². The lowest BCUT2D eigenvalue weighted by Gasteiger charge is -1.99. The van der Waals surface area contributed by atoms with Crippen LogP contribution >= 0.6 is 0 Å². The average Bonchev–Trinajstić information content (AvgIpc) is 2.39. The summed E-state index contributed by atoms with van der Waals surface area (Å²) in [6, 6.07) is 7.09. The number of unbranched alkanes of at least 4 members (excludes halogenated alkanes) is 2. The van der Waals surface area contributed by atoms with Crippen molar-refractivity contribution in [3.05, 3.63) is 29.8 Å². The molecule has 1 aromatic rings. The smallest absolute Gasteiger partial charge is 0.305 e. The molecule has 0 aliphatic rings. The van der Waals surface area contributed by atoms with Crippen molar-refractivity contribution in [2.24, 2.45) is 4.99 Å². The molecule has 0 heterocycles. The van der Waals surface area contributed by atoms with Crippen LogP contribution in [0.15, 0.2) is 29.3 Å². The molecule has 0 bridgehead atoms. The number of para-hydroxylation sites is 1. The number of nitrogens with zero attached hydrogens (tertiary/aromatic N) is 1. The molecule has 1 N–H and O–H groups in total. The normalized spacial score (nSPS) is 10.7. The Kier molecular flexibility index (Phi) is 6.54. The zero-order valence-corrected chi connectivity index (χ0v) is 10.6. The summed E-state index contributed by atoms with van der Waals surface area (Å²) in [5, 5.41) is 9.50. The maximum Gasteiger partial charge on any atom is 0.305 e. The third-order valence-corrected chi connectivity index (χ3v) is 2.56. The lowest BCUT2D eigenvalue weighted by molar-refractivity contribution is -0.140. The SMILES string of the molecule is COC(=O)CCCCCN=Cc1ccccc1O. The molecule has 4 nitrogen and oxygen atoms in total. The van der Waals surface area contributed by atoms with Gasteiger partial charge in [0, 0.05) is 24.7 Å². The van der Waals surface area contributed by atoms with E-state index < -0.39 is 0 Å². The van der Waals surface area contributed by atoms with E-state index in [0.717, 1.165) is 24.8 Å². The molecule has 18 heavy (non-hydrogen) atoms. The summed E-state index contributed by atoms with van der Waals surface area (Å²) in [4.78, 5) is 15.1. The first-order chi connectivity index (χ1) is 8.74. The van der Waals surface area contributed by atoms with Gasteiger partial charge in [-0.15, -0.1) is 0 Å². The standard InChI is InChI=1S/C14H19NO3/c1-18-14(17)9-3-2-6-10-15-11-12-7-4-5-8-13(12)16/h4-5,7-8,11,16H,2-3,6,9-10H2,1H3. The minimum Gasteiger partial charge on any atom is -0.507 e. The van der Waals surface area contributed by atoms with E-state index in [9.17, 15) is 9.90 Å². The van der Waals surface area contributed by atoms with Crippen LogP contribution in [0.25, 0.3) is 0 Å². The Bertz CT molecular complexity index is 402. The molecule has 0 aliphatic heterocycles. The molecule has 98 valence electrons. The van der Waals surface area contributed by atoms with Crippen LogP contribution in [-0.4, -0.2) is 30.9 Å². The molecule has 0 unspecified atom stereocenters. The summed E-state index contributed by atoms with van der Waals surface area (Å²) < 4.78 is 4.55. The van der Waals surface area contributed by atoms with E-state index in [2.05, 4.69) is 9.73 Å². The van der Waals surface area contributed by atoms with Gasteiger partial charge < -0.3 is 9.84 Å². The van der Waals surface area contributed by atoms with E-state index in [4.69, 9.17) is 0 Å². The molecule has 0 fully saturated rings. The fourth-order valence-electron chi connectivity index (χ4n) is 1.51. The van der Waals surface area contributed by atoms with Crippen molar-refractivity contribution in [1.82, 2.24) is 0 Å². The van der Waals surface area contributed by atoms with E-state index >= 15 is 0 Å². The van der Waals surface area contributed by atoms with Crippen LogP contribution in [0, 0.1) is 0 Å². The number of carbonyl (C=O) groups excluding carboxylic acids is 1. The van der Waals surface area contributed by atoms with Crippen LogP contribution in [0.5, 0.6) is 5.75 Å². The summed E-state index contributed by atoms with van der Waals surface area (Å²) in [7, 11) is 1.40. The Morgan fingerprint density at radius 2 is 2.11 bits per heavy atom. The number of phenols is 1. The number of carbonyl (C=O) groups is 1. The highest BCUT2D eigenvalue weighted by Gasteiger charge is 1.98. The van der Waals surface area contributed by atoms with Crippen LogP contribution in [-0.2, 0) is 9.53 Å². The van der Waals surface area contributed by atoms with Crippen LogP contribution in [0.1, 0.15) is 31.2 Å². The molecule has 0 aromatic heterocycles. The second-order valence-electron chi connectivity index (χ2n) is 3.98. The maximum atomic E-state index is 10.8. The predicted molar refractivity (Wildman–Crippen MR) is 71.1 cm³/mol. The Morgan fingerprint density at radius 3 is 2.83 bits per heavy atom. The second-order valence-corrected chi connectivity index (χ2v) is 3.98. The highest BCUT2D eigenvalue weighted by atomic mass is 16.5. The molecule has 1 rings (SSSR count). The monoisotopic (exact) mass is 249 g/mol. The number of methoxy groups -OCH3 is 1. The summed E-state index contributed by atoms with van der Waals surface area (Å²) >= 11 is 0. The van der Waals surface area contributed by atoms with Crippen molar-refractivity contribution in [1.29, 1.82) is 0 Å². The predicted octanol–water partition coefficient (Wildman–Crippen LogP) is 2.54. The maximum absolute atomic E-state index is 10.8. The summed E-state index contributed by atoms with van der Waals surface area (Å²) in [6.45, 7) is 0.704. The van der Waals surface area contributed by atoms with E-state index in [1.807, 2.05) is 12.1 Å². The van der Waals surface area contributed by atoms with E-state index in [-0.39, 0.29) is 11.7 Å². The molecular formula is C14H19NO3. The fraction of sp³-hybridized carbons (Fsp3) is 0.429. The van der Waals surface area contributed by atoms with Crippen molar-refractivity contribution >= 4 is 12.2 Å². The number of benzene rings is 1. The van der Waals surface area contributed by atoms with Crippen LogP contribution < -0.4 is 0 Å². The quantitative estimate of drug-likeness (QED) is 0.459. The number of rotatable bonds is 7. The number of aliphatic imine (C=N–C) groups is 1. The largest absolute Gasteiger partial charge is 0.507 e. The van der Waals surface area contributed by atoms with E-state index in [1.54, 1.807) is 18.3 Å². The molecule has 0 saturated heterocycles. The number of hydrogen-bond donors (Lipinski definition) is 1. The van der Waals surface area contributed by atoms with E-state index in [1.165, 1.54) is 7.11 Å². The van der Waals surface area contributed by atoms with Crippen molar-refractivity contribution in [2.75, 3.05) is 13.7 Å². The van der Waals surface area contributed by atoms with Gasteiger partial charge in [0.2, 0.25) is 0 Å². The first-order valence-electron chi connectivity index (χ1n) is 6.08. The number of phenolic OH excluding ortho intramolecular Hbond substituents is 1. The third-order valence-electron chi connectivity index (χ3n) is 2.56. The van der Waals surface area contributed by atoms with Crippen molar-refractivity contribution < 1.29 is 14.6 Å². The molecule has 0 spiro atoms.